The lowest BCUT2D eigenvalue weighted by Crippen LogP contribution is -2.29. The number of nitrogens with one attached hydrogen (secondary N) is 1. The number of phenols is 1. The number of phenolic OH excluding ortho intramolecular Hbond substituents is 1. The highest BCUT2D eigenvalue weighted by Gasteiger charge is 2.15. The third kappa shape index (κ3) is 3.60. The first kappa shape index (κ1) is 13.7. The zero-order valence-corrected chi connectivity index (χ0v) is 11.4. The second kappa shape index (κ2) is 6.41. The summed E-state index contributed by atoms with van der Waals surface area (Å²) in [6.07, 6.45) is 8.47. The molecule has 0 saturated heterocycles. The number of allylic oxidation sites excluding steroid dienone is 2. The van der Waals surface area contributed by atoms with E-state index in [4.69, 9.17) is 0 Å². The molecule has 2 rings (SSSR count). The first-order chi connectivity index (χ1) is 9.20. The lowest BCUT2D eigenvalue weighted by Gasteiger charge is -2.18. The second-order valence-corrected chi connectivity index (χ2v) is 5.07. The fraction of sp³-hybridized carbons (Fsp3) is 0.438. The van der Waals surface area contributed by atoms with Crippen LogP contribution in [0.5, 0.6) is 5.75 Å². The summed E-state index contributed by atoms with van der Waals surface area (Å²) in [4.78, 5) is 12.1. The van der Waals surface area contributed by atoms with Gasteiger partial charge in [0, 0.05) is 6.54 Å². The molecule has 1 amide bonds. The van der Waals surface area contributed by atoms with Crippen LogP contribution >= 0.6 is 0 Å². The van der Waals surface area contributed by atoms with Gasteiger partial charge in [0.1, 0.15) is 5.75 Å². The minimum atomic E-state index is -0.178. The van der Waals surface area contributed by atoms with E-state index in [-0.39, 0.29) is 11.7 Å². The number of aryl methyl sites for hydroxylation is 1. The minimum absolute atomic E-state index is 0.0539. The Morgan fingerprint density at radius 3 is 2.95 bits per heavy atom. The monoisotopic (exact) mass is 259 g/mol. The van der Waals surface area contributed by atoms with Crippen molar-refractivity contribution in [2.75, 3.05) is 6.54 Å². The molecule has 0 bridgehead atoms. The van der Waals surface area contributed by atoms with Crippen molar-refractivity contribution in [1.29, 1.82) is 0 Å². The van der Waals surface area contributed by atoms with Crippen molar-refractivity contribution in [1.82, 2.24) is 5.32 Å². The zero-order chi connectivity index (χ0) is 13.7. The number of amides is 1. The maximum Gasteiger partial charge on any atom is 0.255 e. The van der Waals surface area contributed by atoms with E-state index in [1.54, 1.807) is 12.1 Å². The SMILES string of the molecule is CCc1ccc(O)c(C(=O)NCC2CC=CCC2)c1. The van der Waals surface area contributed by atoms with Crippen molar-refractivity contribution in [3.05, 3.63) is 41.5 Å². The molecule has 19 heavy (non-hydrogen) atoms. The molecular formula is C16H21NO2. The summed E-state index contributed by atoms with van der Waals surface area (Å²) in [5.74, 6) is 0.394. The first-order valence-corrected chi connectivity index (χ1v) is 6.95. The van der Waals surface area contributed by atoms with Crippen molar-refractivity contribution >= 4 is 5.91 Å². The van der Waals surface area contributed by atoms with E-state index in [1.165, 1.54) is 0 Å². The lowest BCUT2D eigenvalue weighted by atomic mass is 9.94. The highest BCUT2D eigenvalue weighted by molar-refractivity contribution is 5.97. The molecule has 1 aliphatic rings. The molecule has 0 radical (unpaired) electrons. The van der Waals surface area contributed by atoms with Crippen LogP contribution in [0.25, 0.3) is 0 Å². The highest BCUT2D eigenvalue weighted by Crippen LogP contribution is 2.20. The van der Waals surface area contributed by atoms with Gasteiger partial charge in [-0.25, -0.2) is 0 Å². The van der Waals surface area contributed by atoms with Crippen molar-refractivity contribution in [2.24, 2.45) is 5.92 Å². The van der Waals surface area contributed by atoms with E-state index in [0.29, 0.717) is 18.0 Å². The summed E-state index contributed by atoms with van der Waals surface area (Å²) in [5, 5.41) is 12.7. The molecular weight excluding hydrogens is 238 g/mol. The Kier molecular flexibility index (Phi) is 4.61. The third-order valence-corrected chi connectivity index (χ3v) is 3.64. The normalized spacial score (nSPS) is 18.3. The Labute approximate surface area is 114 Å². The molecule has 1 aromatic rings. The number of aromatic hydroxyl groups is 1. The van der Waals surface area contributed by atoms with E-state index in [0.717, 1.165) is 31.2 Å². The minimum Gasteiger partial charge on any atom is -0.507 e. The zero-order valence-electron chi connectivity index (χ0n) is 11.4. The Morgan fingerprint density at radius 1 is 1.42 bits per heavy atom. The van der Waals surface area contributed by atoms with Gasteiger partial charge in [-0.2, -0.15) is 0 Å². The van der Waals surface area contributed by atoms with Crippen LogP contribution in [0.2, 0.25) is 0 Å². The summed E-state index contributed by atoms with van der Waals surface area (Å²) >= 11 is 0. The van der Waals surface area contributed by atoms with Gasteiger partial charge < -0.3 is 10.4 Å². The van der Waals surface area contributed by atoms with Gasteiger partial charge in [0.25, 0.3) is 5.91 Å². The molecule has 1 aromatic carbocycles. The summed E-state index contributed by atoms with van der Waals surface area (Å²) in [7, 11) is 0. The van der Waals surface area contributed by atoms with Crippen molar-refractivity contribution < 1.29 is 9.90 Å². The first-order valence-electron chi connectivity index (χ1n) is 6.95. The third-order valence-electron chi connectivity index (χ3n) is 3.64. The van der Waals surface area contributed by atoms with Gasteiger partial charge in [-0.05, 0) is 49.3 Å². The van der Waals surface area contributed by atoms with Crippen LogP contribution in [0.3, 0.4) is 0 Å². The van der Waals surface area contributed by atoms with Crippen molar-refractivity contribution in [3.63, 3.8) is 0 Å². The fourth-order valence-electron chi connectivity index (χ4n) is 2.36. The molecule has 2 N–H and O–H groups in total. The van der Waals surface area contributed by atoms with Gasteiger partial charge in [0.15, 0.2) is 0 Å². The summed E-state index contributed by atoms with van der Waals surface area (Å²) in [6.45, 7) is 2.71. The molecule has 1 unspecified atom stereocenters. The van der Waals surface area contributed by atoms with Gasteiger partial charge in [-0.1, -0.05) is 25.1 Å². The van der Waals surface area contributed by atoms with Gasteiger partial charge in [-0.3, -0.25) is 4.79 Å². The molecule has 102 valence electrons. The van der Waals surface area contributed by atoms with Gasteiger partial charge in [-0.15, -0.1) is 0 Å². The summed E-state index contributed by atoms with van der Waals surface area (Å²) < 4.78 is 0. The van der Waals surface area contributed by atoms with Gasteiger partial charge in [0.2, 0.25) is 0 Å². The molecule has 0 fully saturated rings. The second-order valence-electron chi connectivity index (χ2n) is 5.07. The molecule has 0 saturated carbocycles. The number of hydrogen-bond acceptors (Lipinski definition) is 2. The Hall–Kier alpha value is -1.77. The van der Waals surface area contributed by atoms with Crippen LogP contribution in [-0.4, -0.2) is 17.6 Å². The molecule has 0 heterocycles. The number of carbonyl (C=O) groups excluding carboxylic acids is 1. The van der Waals surface area contributed by atoms with Crippen LogP contribution in [0, 0.1) is 5.92 Å². The molecule has 3 nitrogen and oxygen atoms in total. The maximum absolute atomic E-state index is 12.1. The summed E-state index contributed by atoms with van der Waals surface area (Å²) in [5.41, 5.74) is 1.44. The van der Waals surface area contributed by atoms with E-state index >= 15 is 0 Å². The number of rotatable bonds is 4. The predicted octanol–water partition coefficient (Wildman–Crippen LogP) is 3.04. The van der Waals surface area contributed by atoms with Gasteiger partial charge >= 0.3 is 0 Å². The number of carbonyl (C=O) groups is 1. The number of hydrogen-bond donors (Lipinski definition) is 2. The van der Waals surface area contributed by atoms with E-state index < -0.39 is 0 Å². The van der Waals surface area contributed by atoms with Crippen LogP contribution in [-0.2, 0) is 6.42 Å². The molecule has 0 aliphatic heterocycles. The Morgan fingerprint density at radius 2 is 2.26 bits per heavy atom. The van der Waals surface area contributed by atoms with Gasteiger partial charge in [0.05, 0.1) is 5.56 Å². The van der Waals surface area contributed by atoms with E-state index in [2.05, 4.69) is 17.5 Å². The molecule has 1 aliphatic carbocycles. The van der Waals surface area contributed by atoms with Crippen LogP contribution in [0.15, 0.2) is 30.4 Å². The number of benzene rings is 1. The Balaban J connectivity index is 1.97. The summed E-state index contributed by atoms with van der Waals surface area (Å²) in [6, 6.07) is 5.21. The van der Waals surface area contributed by atoms with Crippen molar-refractivity contribution in [2.45, 2.75) is 32.6 Å². The molecule has 3 heteroatoms. The molecule has 1 atom stereocenters. The smallest absolute Gasteiger partial charge is 0.255 e. The fourth-order valence-corrected chi connectivity index (χ4v) is 2.36. The van der Waals surface area contributed by atoms with Crippen LogP contribution < -0.4 is 5.32 Å². The largest absolute Gasteiger partial charge is 0.507 e. The van der Waals surface area contributed by atoms with Crippen molar-refractivity contribution in [3.8, 4) is 5.75 Å². The average Bonchev–Trinajstić information content (AvgIpc) is 2.46. The topological polar surface area (TPSA) is 49.3 Å². The van der Waals surface area contributed by atoms with E-state index in [1.807, 2.05) is 13.0 Å². The predicted molar refractivity (Wildman–Crippen MR) is 76.3 cm³/mol. The lowest BCUT2D eigenvalue weighted by molar-refractivity contribution is 0.0943. The maximum atomic E-state index is 12.1. The van der Waals surface area contributed by atoms with E-state index in [9.17, 15) is 9.90 Å². The average molecular weight is 259 g/mol. The standard InChI is InChI=1S/C16H21NO2/c1-2-12-8-9-15(18)14(10-12)16(19)17-11-13-6-4-3-5-7-13/h3-4,8-10,13,18H,2,5-7,11H2,1H3,(H,17,19). The quantitative estimate of drug-likeness (QED) is 0.816. The molecule has 0 spiro atoms. The molecule has 0 aromatic heterocycles. The van der Waals surface area contributed by atoms with Crippen LogP contribution in [0.1, 0.15) is 42.1 Å². The Bertz CT molecular complexity index is 480. The van der Waals surface area contributed by atoms with Crippen LogP contribution in [0.4, 0.5) is 0 Å². The highest BCUT2D eigenvalue weighted by atomic mass is 16.3.